The summed E-state index contributed by atoms with van der Waals surface area (Å²) in [5.41, 5.74) is 4.82. The molecular weight excluding hydrogens is 216 g/mol. The van der Waals surface area contributed by atoms with E-state index >= 15 is 0 Å². The van der Waals surface area contributed by atoms with Crippen LogP contribution in [0.25, 0.3) is 0 Å². The van der Waals surface area contributed by atoms with Crippen LogP contribution in [0.2, 0.25) is 5.15 Å². The van der Waals surface area contributed by atoms with E-state index in [1.165, 1.54) is 12.3 Å². The van der Waals surface area contributed by atoms with Gasteiger partial charge >= 0.3 is 0 Å². The first-order chi connectivity index (χ1) is 6.95. The Kier molecular flexibility index (Phi) is 3.60. The summed E-state index contributed by atoms with van der Waals surface area (Å²) in [6.45, 7) is 3.48. The highest BCUT2D eigenvalue weighted by molar-refractivity contribution is 6.29. The fourth-order valence-corrected chi connectivity index (χ4v) is 0.938. The van der Waals surface area contributed by atoms with Gasteiger partial charge in [-0.05, 0) is 19.4 Å². The zero-order valence-corrected chi connectivity index (χ0v) is 9.38. The summed E-state index contributed by atoms with van der Waals surface area (Å²) >= 11 is 5.64. The zero-order chi connectivity index (χ0) is 11.5. The number of rotatable bonds is 3. The van der Waals surface area contributed by atoms with E-state index < -0.39 is 5.54 Å². The monoisotopic (exact) mass is 228 g/mol. The molecule has 0 aliphatic heterocycles. The first kappa shape index (κ1) is 11.9. The van der Waals surface area contributed by atoms with Crippen molar-refractivity contribution >= 4 is 23.5 Å². The van der Waals surface area contributed by atoms with Gasteiger partial charge in [0.1, 0.15) is 5.15 Å². The van der Waals surface area contributed by atoms with E-state index in [4.69, 9.17) is 17.3 Å². The molecule has 82 valence electrons. The van der Waals surface area contributed by atoms with Crippen LogP contribution < -0.4 is 11.1 Å². The standard InChI is InChI=1S/C9H13ClN4O/c1-3-9(2,11)7(15)14-8-12-5-4-6(10)13-8/h4-5H,3,11H2,1-2H3,(H,12,13,14,15). The van der Waals surface area contributed by atoms with Gasteiger partial charge in [-0.2, -0.15) is 0 Å². The molecule has 0 bridgehead atoms. The van der Waals surface area contributed by atoms with Crippen LogP contribution in [-0.4, -0.2) is 21.4 Å². The lowest BCUT2D eigenvalue weighted by Gasteiger charge is -2.20. The smallest absolute Gasteiger partial charge is 0.246 e. The normalized spacial score (nSPS) is 14.4. The van der Waals surface area contributed by atoms with Crippen molar-refractivity contribution in [2.75, 3.05) is 5.32 Å². The van der Waals surface area contributed by atoms with Gasteiger partial charge in [0.25, 0.3) is 0 Å². The molecule has 1 heterocycles. The number of nitrogens with one attached hydrogen (secondary N) is 1. The van der Waals surface area contributed by atoms with Crippen LogP contribution >= 0.6 is 11.6 Å². The minimum absolute atomic E-state index is 0.164. The SMILES string of the molecule is CCC(C)(N)C(=O)Nc1nccc(Cl)n1. The van der Waals surface area contributed by atoms with Crippen LogP contribution in [0, 0.1) is 0 Å². The molecule has 15 heavy (non-hydrogen) atoms. The van der Waals surface area contributed by atoms with E-state index in [2.05, 4.69) is 15.3 Å². The third kappa shape index (κ3) is 3.14. The molecule has 0 fully saturated rings. The minimum atomic E-state index is -0.925. The topological polar surface area (TPSA) is 80.9 Å². The molecule has 5 nitrogen and oxygen atoms in total. The van der Waals surface area contributed by atoms with Gasteiger partial charge in [-0.25, -0.2) is 9.97 Å². The minimum Gasteiger partial charge on any atom is -0.318 e. The highest BCUT2D eigenvalue weighted by Crippen LogP contribution is 2.10. The molecule has 0 saturated heterocycles. The molecule has 1 unspecified atom stereocenters. The number of nitrogens with zero attached hydrogens (tertiary/aromatic N) is 2. The Bertz CT molecular complexity index is 367. The lowest BCUT2D eigenvalue weighted by molar-refractivity contribution is -0.120. The second kappa shape index (κ2) is 4.55. The predicted octanol–water partition coefficient (Wildman–Crippen LogP) is 1.20. The van der Waals surface area contributed by atoms with E-state index in [0.717, 1.165) is 0 Å². The van der Waals surface area contributed by atoms with Crippen molar-refractivity contribution in [1.29, 1.82) is 0 Å². The van der Waals surface area contributed by atoms with Gasteiger partial charge in [0, 0.05) is 6.20 Å². The summed E-state index contributed by atoms with van der Waals surface area (Å²) in [6, 6.07) is 1.53. The third-order valence-electron chi connectivity index (χ3n) is 2.10. The maximum absolute atomic E-state index is 11.6. The maximum atomic E-state index is 11.6. The van der Waals surface area contributed by atoms with Gasteiger partial charge in [0.05, 0.1) is 5.54 Å². The van der Waals surface area contributed by atoms with Crippen molar-refractivity contribution in [3.63, 3.8) is 0 Å². The van der Waals surface area contributed by atoms with Crippen LogP contribution in [0.4, 0.5) is 5.95 Å². The van der Waals surface area contributed by atoms with E-state index in [1.54, 1.807) is 6.92 Å². The maximum Gasteiger partial charge on any atom is 0.246 e. The van der Waals surface area contributed by atoms with Gasteiger partial charge < -0.3 is 5.73 Å². The first-order valence-corrected chi connectivity index (χ1v) is 4.92. The number of carbonyl (C=O) groups excluding carboxylic acids is 1. The van der Waals surface area contributed by atoms with E-state index in [1.807, 2.05) is 6.92 Å². The zero-order valence-electron chi connectivity index (χ0n) is 8.62. The van der Waals surface area contributed by atoms with Crippen molar-refractivity contribution in [2.24, 2.45) is 5.73 Å². The number of hydrogen-bond donors (Lipinski definition) is 2. The number of amides is 1. The van der Waals surface area contributed by atoms with Crippen LogP contribution in [0.1, 0.15) is 20.3 Å². The second-order valence-electron chi connectivity index (χ2n) is 3.43. The Hall–Kier alpha value is -1.20. The molecule has 3 N–H and O–H groups in total. The predicted molar refractivity (Wildman–Crippen MR) is 58.6 cm³/mol. The third-order valence-corrected chi connectivity index (χ3v) is 2.31. The lowest BCUT2D eigenvalue weighted by atomic mass is 10.00. The average molecular weight is 229 g/mol. The summed E-state index contributed by atoms with van der Waals surface area (Å²) in [7, 11) is 0. The number of aromatic nitrogens is 2. The molecule has 6 heteroatoms. The van der Waals surface area contributed by atoms with Crippen LogP contribution in [0.3, 0.4) is 0 Å². The quantitative estimate of drug-likeness (QED) is 0.762. The van der Waals surface area contributed by atoms with E-state index in [-0.39, 0.29) is 17.0 Å². The molecule has 1 amide bonds. The summed E-state index contributed by atoms with van der Waals surface area (Å²) in [5, 5.41) is 2.78. The van der Waals surface area contributed by atoms with E-state index in [0.29, 0.717) is 6.42 Å². The summed E-state index contributed by atoms with van der Waals surface area (Å²) < 4.78 is 0. The number of nitrogens with two attached hydrogens (primary N) is 1. The molecule has 0 spiro atoms. The highest BCUT2D eigenvalue weighted by Gasteiger charge is 2.26. The average Bonchev–Trinajstić information content (AvgIpc) is 2.17. The summed E-state index contributed by atoms with van der Waals surface area (Å²) in [4.78, 5) is 19.3. The lowest BCUT2D eigenvalue weighted by Crippen LogP contribution is -2.48. The first-order valence-electron chi connectivity index (χ1n) is 4.54. The number of halogens is 1. The number of hydrogen-bond acceptors (Lipinski definition) is 4. The van der Waals surface area contributed by atoms with Gasteiger partial charge in [0.15, 0.2) is 0 Å². The van der Waals surface area contributed by atoms with Gasteiger partial charge in [-0.15, -0.1) is 0 Å². The van der Waals surface area contributed by atoms with Crippen LogP contribution in [-0.2, 0) is 4.79 Å². The van der Waals surface area contributed by atoms with Crippen molar-refractivity contribution in [3.05, 3.63) is 17.4 Å². The van der Waals surface area contributed by atoms with Crippen LogP contribution in [0.15, 0.2) is 12.3 Å². The Morgan fingerprint density at radius 3 is 2.93 bits per heavy atom. The van der Waals surface area contributed by atoms with Crippen molar-refractivity contribution in [3.8, 4) is 0 Å². The number of carbonyl (C=O) groups is 1. The molecule has 0 aliphatic carbocycles. The Morgan fingerprint density at radius 1 is 1.73 bits per heavy atom. The molecule has 0 saturated carbocycles. The van der Waals surface area contributed by atoms with Gasteiger partial charge in [-0.3, -0.25) is 10.1 Å². The molecule has 0 aromatic carbocycles. The molecule has 1 atom stereocenters. The fraction of sp³-hybridized carbons (Fsp3) is 0.444. The van der Waals surface area contributed by atoms with Crippen molar-refractivity contribution < 1.29 is 4.79 Å². The van der Waals surface area contributed by atoms with Crippen molar-refractivity contribution in [1.82, 2.24) is 9.97 Å². The molecule has 1 rings (SSSR count). The fourth-order valence-electron chi connectivity index (χ4n) is 0.802. The molecule has 1 aromatic heterocycles. The second-order valence-corrected chi connectivity index (χ2v) is 3.82. The molecule has 1 aromatic rings. The van der Waals surface area contributed by atoms with Crippen molar-refractivity contribution in [2.45, 2.75) is 25.8 Å². The Morgan fingerprint density at radius 2 is 2.40 bits per heavy atom. The van der Waals surface area contributed by atoms with Crippen LogP contribution in [0.5, 0.6) is 0 Å². The largest absolute Gasteiger partial charge is 0.318 e. The van der Waals surface area contributed by atoms with Gasteiger partial charge in [-0.1, -0.05) is 18.5 Å². The van der Waals surface area contributed by atoms with Gasteiger partial charge in [0.2, 0.25) is 11.9 Å². The summed E-state index contributed by atoms with van der Waals surface area (Å²) in [5.74, 6) is -0.162. The molecular formula is C9H13ClN4O. The summed E-state index contributed by atoms with van der Waals surface area (Å²) in [6.07, 6.45) is 1.99. The Balaban J connectivity index is 2.75. The molecule has 0 radical (unpaired) electrons. The number of anilines is 1. The highest BCUT2D eigenvalue weighted by atomic mass is 35.5. The molecule has 0 aliphatic rings. The van der Waals surface area contributed by atoms with E-state index in [9.17, 15) is 4.79 Å². The Labute approximate surface area is 93.0 Å².